The van der Waals surface area contributed by atoms with Crippen molar-refractivity contribution in [1.29, 1.82) is 0 Å². The Morgan fingerprint density at radius 3 is 2.37 bits per heavy atom. The number of amides is 3. The summed E-state index contributed by atoms with van der Waals surface area (Å²) < 4.78 is 0. The summed E-state index contributed by atoms with van der Waals surface area (Å²) in [7, 11) is 0. The molecule has 0 aliphatic carbocycles. The minimum absolute atomic E-state index is 0.00446. The molecule has 0 aromatic heterocycles. The second-order valence-electron chi connectivity index (χ2n) is 4.31. The first kappa shape index (κ1) is 17.4. The van der Waals surface area contributed by atoms with Crippen molar-refractivity contribution in [3.05, 3.63) is 0 Å². The van der Waals surface area contributed by atoms with Crippen LogP contribution in [0.4, 0.5) is 4.79 Å². The molecule has 3 N–H and O–H groups in total. The zero-order valence-electron chi connectivity index (χ0n) is 11.7. The van der Waals surface area contributed by atoms with E-state index in [0.717, 1.165) is 6.42 Å². The topological polar surface area (TPSA) is 98.7 Å². The molecule has 0 bridgehead atoms. The average Bonchev–Trinajstić information content (AvgIpc) is 2.32. The van der Waals surface area contributed by atoms with E-state index in [-0.39, 0.29) is 19.0 Å². The fourth-order valence-corrected chi connectivity index (χ4v) is 1.59. The number of hydrogen-bond donors (Lipinski definition) is 3. The van der Waals surface area contributed by atoms with Crippen molar-refractivity contribution >= 4 is 17.9 Å². The van der Waals surface area contributed by atoms with Crippen LogP contribution in [-0.4, -0.2) is 53.6 Å². The highest BCUT2D eigenvalue weighted by Crippen LogP contribution is 2.03. The quantitative estimate of drug-likeness (QED) is 0.595. The van der Waals surface area contributed by atoms with Crippen molar-refractivity contribution in [2.45, 2.75) is 39.7 Å². The van der Waals surface area contributed by atoms with Crippen LogP contribution in [0.2, 0.25) is 0 Å². The maximum absolute atomic E-state index is 11.6. The van der Waals surface area contributed by atoms with E-state index in [9.17, 15) is 14.4 Å². The molecule has 0 saturated carbocycles. The van der Waals surface area contributed by atoms with Crippen molar-refractivity contribution in [3.8, 4) is 0 Å². The molecule has 0 aromatic carbocycles. The Morgan fingerprint density at radius 2 is 1.89 bits per heavy atom. The lowest BCUT2D eigenvalue weighted by atomic mass is 10.2. The van der Waals surface area contributed by atoms with Gasteiger partial charge in [0.2, 0.25) is 5.91 Å². The molecule has 0 aliphatic rings. The molecule has 0 saturated heterocycles. The monoisotopic (exact) mass is 273 g/mol. The van der Waals surface area contributed by atoms with E-state index < -0.39 is 17.9 Å². The molecule has 110 valence electrons. The summed E-state index contributed by atoms with van der Waals surface area (Å²) in [6, 6.07) is -0.777. The largest absolute Gasteiger partial charge is 0.481 e. The highest BCUT2D eigenvalue weighted by molar-refractivity contribution is 5.95. The van der Waals surface area contributed by atoms with Gasteiger partial charge in [0.15, 0.2) is 0 Å². The number of carbonyl (C=O) groups excluding carboxylic acids is 2. The molecular weight excluding hydrogens is 250 g/mol. The number of carboxylic acid groups (broad SMARTS) is 1. The standard InChI is InChI=1S/C12H23N3O4/c1-4-6-13-12(19)14-10(16)8-15(5-2)9(3)7-11(17)18/h9H,4-8H2,1-3H3,(H,17,18)(H2,13,14,16,19). The Hall–Kier alpha value is -1.63. The van der Waals surface area contributed by atoms with Crippen molar-refractivity contribution < 1.29 is 19.5 Å². The van der Waals surface area contributed by atoms with E-state index in [1.54, 1.807) is 11.8 Å². The van der Waals surface area contributed by atoms with Crippen molar-refractivity contribution in [2.75, 3.05) is 19.6 Å². The Morgan fingerprint density at radius 1 is 1.26 bits per heavy atom. The van der Waals surface area contributed by atoms with E-state index in [1.807, 2.05) is 13.8 Å². The van der Waals surface area contributed by atoms with Gasteiger partial charge in [-0.2, -0.15) is 0 Å². The predicted molar refractivity (Wildman–Crippen MR) is 70.8 cm³/mol. The number of nitrogens with one attached hydrogen (secondary N) is 2. The summed E-state index contributed by atoms with van der Waals surface area (Å²) in [6.07, 6.45) is 0.751. The fourth-order valence-electron chi connectivity index (χ4n) is 1.59. The molecule has 0 radical (unpaired) electrons. The van der Waals surface area contributed by atoms with Crippen molar-refractivity contribution in [2.24, 2.45) is 0 Å². The van der Waals surface area contributed by atoms with E-state index in [1.165, 1.54) is 0 Å². The third-order valence-corrected chi connectivity index (χ3v) is 2.63. The predicted octanol–water partition coefficient (Wildman–Crippen LogP) is 0.407. The first-order valence-electron chi connectivity index (χ1n) is 6.44. The lowest BCUT2D eigenvalue weighted by Crippen LogP contribution is -2.47. The van der Waals surface area contributed by atoms with Gasteiger partial charge in [0.25, 0.3) is 0 Å². The maximum Gasteiger partial charge on any atom is 0.321 e. The smallest absolute Gasteiger partial charge is 0.321 e. The van der Waals surface area contributed by atoms with Gasteiger partial charge < -0.3 is 10.4 Å². The van der Waals surface area contributed by atoms with Gasteiger partial charge in [-0.3, -0.25) is 19.8 Å². The van der Waals surface area contributed by atoms with E-state index in [0.29, 0.717) is 13.1 Å². The lowest BCUT2D eigenvalue weighted by Gasteiger charge is -2.25. The van der Waals surface area contributed by atoms with Gasteiger partial charge in [-0.1, -0.05) is 13.8 Å². The second-order valence-corrected chi connectivity index (χ2v) is 4.31. The third kappa shape index (κ3) is 8.15. The molecule has 0 rings (SSSR count). The number of nitrogens with zero attached hydrogens (tertiary/aromatic N) is 1. The van der Waals surface area contributed by atoms with E-state index >= 15 is 0 Å². The Labute approximate surface area is 113 Å². The summed E-state index contributed by atoms with van der Waals surface area (Å²) >= 11 is 0. The van der Waals surface area contributed by atoms with Crippen LogP contribution in [0.25, 0.3) is 0 Å². The first-order chi connectivity index (χ1) is 8.90. The first-order valence-corrected chi connectivity index (χ1v) is 6.44. The minimum Gasteiger partial charge on any atom is -0.481 e. The Balaban J connectivity index is 4.19. The highest BCUT2D eigenvalue weighted by Gasteiger charge is 2.19. The number of imide groups is 1. The lowest BCUT2D eigenvalue weighted by molar-refractivity contribution is -0.138. The van der Waals surface area contributed by atoms with Crippen LogP contribution in [0, 0.1) is 0 Å². The van der Waals surface area contributed by atoms with Crippen LogP contribution in [-0.2, 0) is 9.59 Å². The molecule has 3 amide bonds. The van der Waals surface area contributed by atoms with Crippen molar-refractivity contribution in [1.82, 2.24) is 15.5 Å². The zero-order valence-corrected chi connectivity index (χ0v) is 11.7. The molecule has 0 aliphatic heterocycles. The van der Waals surface area contributed by atoms with Crippen LogP contribution >= 0.6 is 0 Å². The van der Waals surface area contributed by atoms with E-state index in [2.05, 4.69) is 10.6 Å². The van der Waals surface area contributed by atoms with Crippen LogP contribution in [0.5, 0.6) is 0 Å². The number of carbonyl (C=O) groups is 3. The van der Waals surface area contributed by atoms with Crippen LogP contribution in [0.3, 0.4) is 0 Å². The highest BCUT2D eigenvalue weighted by atomic mass is 16.4. The molecule has 1 atom stereocenters. The Kier molecular flexibility index (Phi) is 8.52. The summed E-state index contributed by atoms with van der Waals surface area (Å²) in [5.74, 6) is -1.35. The fraction of sp³-hybridized carbons (Fsp3) is 0.750. The molecular formula is C12H23N3O4. The summed E-state index contributed by atoms with van der Waals surface area (Å²) in [5, 5.41) is 13.5. The molecule has 1 unspecified atom stereocenters. The summed E-state index contributed by atoms with van der Waals surface area (Å²) in [5.41, 5.74) is 0. The van der Waals surface area contributed by atoms with Gasteiger partial charge in [-0.05, 0) is 19.9 Å². The maximum atomic E-state index is 11.6. The van der Waals surface area contributed by atoms with Gasteiger partial charge in [-0.15, -0.1) is 0 Å². The van der Waals surface area contributed by atoms with Gasteiger partial charge >= 0.3 is 12.0 Å². The molecule has 19 heavy (non-hydrogen) atoms. The van der Waals surface area contributed by atoms with Crippen LogP contribution in [0.1, 0.15) is 33.6 Å². The number of likely N-dealkylation sites (N-methyl/N-ethyl adjacent to an activating group) is 1. The normalized spacial score (nSPS) is 12.0. The molecule has 0 aromatic rings. The zero-order chi connectivity index (χ0) is 14.8. The van der Waals surface area contributed by atoms with Gasteiger partial charge in [0.05, 0.1) is 13.0 Å². The second kappa shape index (κ2) is 9.32. The Bertz CT molecular complexity index is 320. The summed E-state index contributed by atoms with van der Waals surface area (Å²) in [6.45, 7) is 6.54. The van der Waals surface area contributed by atoms with Crippen molar-refractivity contribution in [3.63, 3.8) is 0 Å². The van der Waals surface area contributed by atoms with Crippen LogP contribution in [0.15, 0.2) is 0 Å². The number of rotatable bonds is 8. The van der Waals surface area contributed by atoms with Gasteiger partial charge in [0, 0.05) is 12.6 Å². The van der Waals surface area contributed by atoms with Crippen LogP contribution < -0.4 is 10.6 Å². The van der Waals surface area contributed by atoms with Gasteiger partial charge in [-0.25, -0.2) is 4.79 Å². The van der Waals surface area contributed by atoms with Gasteiger partial charge in [0.1, 0.15) is 0 Å². The average molecular weight is 273 g/mol. The number of hydrogen-bond acceptors (Lipinski definition) is 4. The minimum atomic E-state index is -0.910. The molecule has 7 nitrogen and oxygen atoms in total. The molecule has 7 heteroatoms. The third-order valence-electron chi connectivity index (χ3n) is 2.63. The molecule has 0 spiro atoms. The molecule has 0 fully saturated rings. The van der Waals surface area contributed by atoms with E-state index in [4.69, 9.17) is 5.11 Å². The number of carboxylic acids is 1. The SMILES string of the molecule is CCCNC(=O)NC(=O)CN(CC)C(C)CC(=O)O. The molecule has 0 heterocycles. The summed E-state index contributed by atoms with van der Waals surface area (Å²) in [4.78, 5) is 35.2. The number of urea groups is 1. The number of aliphatic carboxylic acids is 1.